The summed E-state index contributed by atoms with van der Waals surface area (Å²) in [4.78, 5) is 15.8. The Kier molecular flexibility index (Phi) is 2.76. The van der Waals surface area contributed by atoms with E-state index in [-0.39, 0.29) is 5.78 Å². The summed E-state index contributed by atoms with van der Waals surface area (Å²) in [6.07, 6.45) is 4.97. The summed E-state index contributed by atoms with van der Waals surface area (Å²) in [5.41, 5.74) is 3.47. The zero-order valence-corrected chi connectivity index (χ0v) is 11.9. The molecule has 0 saturated heterocycles. The normalized spacial score (nSPS) is 16.6. The fourth-order valence-electron chi connectivity index (χ4n) is 2.89. The monoisotopic (exact) mass is 297 g/mol. The molecule has 1 aliphatic rings. The second kappa shape index (κ2) is 4.64. The van der Waals surface area contributed by atoms with Crippen LogP contribution in [0.5, 0.6) is 0 Å². The van der Waals surface area contributed by atoms with Crippen LogP contribution < -0.4 is 0 Å². The molecule has 0 unspecified atom stereocenters. The number of carbonyl (C=O) groups is 1. The number of H-pyrrole nitrogens is 1. The van der Waals surface area contributed by atoms with Crippen LogP contribution in [0, 0.1) is 0 Å². The summed E-state index contributed by atoms with van der Waals surface area (Å²) >= 11 is 6.06. The van der Waals surface area contributed by atoms with Gasteiger partial charge in [-0.15, -0.1) is 0 Å². The molecule has 1 aliphatic carbocycles. The number of nitrogens with one attached hydrogen (secondary N) is 1. The number of fused-ring (bicyclic) bond motifs is 3. The van der Waals surface area contributed by atoms with Crippen molar-refractivity contribution in [2.45, 2.75) is 12.8 Å². The third-order valence-electron chi connectivity index (χ3n) is 3.89. The summed E-state index contributed by atoms with van der Waals surface area (Å²) in [5.74, 6) is 0.751. The molecule has 1 N–H and O–H groups in total. The predicted octanol–water partition coefficient (Wildman–Crippen LogP) is 4.63. The number of aromatic amines is 1. The Morgan fingerprint density at radius 1 is 1.24 bits per heavy atom. The molecule has 0 amide bonds. The van der Waals surface area contributed by atoms with E-state index in [0.717, 1.165) is 28.5 Å². The molecule has 0 atom stereocenters. The SMILES string of the molecule is O=C1/C(=C/c2ccco2)CCc2c1[nH]c1ccc(Cl)cc21. The lowest BCUT2D eigenvalue weighted by Gasteiger charge is -2.13. The molecule has 3 aromatic rings. The van der Waals surface area contributed by atoms with E-state index in [1.807, 2.05) is 36.4 Å². The van der Waals surface area contributed by atoms with E-state index >= 15 is 0 Å². The highest BCUT2D eigenvalue weighted by Crippen LogP contribution is 2.33. The predicted molar refractivity (Wildman–Crippen MR) is 82.6 cm³/mol. The molecule has 4 heteroatoms. The van der Waals surface area contributed by atoms with E-state index in [4.69, 9.17) is 16.0 Å². The highest BCUT2D eigenvalue weighted by atomic mass is 35.5. The van der Waals surface area contributed by atoms with Gasteiger partial charge in [0.2, 0.25) is 5.78 Å². The van der Waals surface area contributed by atoms with E-state index in [9.17, 15) is 4.79 Å². The molecule has 3 nitrogen and oxygen atoms in total. The summed E-state index contributed by atoms with van der Waals surface area (Å²) in [6, 6.07) is 9.33. The Morgan fingerprint density at radius 2 is 2.14 bits per heavy atom. The van der Waals surface area contributed by atoms with Crippen LogP contribution in [-0.4, -0.2) is 10.8 Å². The number of furan rings is 1. The molecular formula is C17H12ClNO2. The first-order chi connectivity index (χ1) is 10.2. The molecule has 0 bridgehead atoms. The van der Waals surface area contributed by atoms with E-state index in [2.05, 4.69) is 4.98 Å². The van der Waals surface area contributed by atoms with E-state index < -0.39 is 0 Å². The number of ketones is 1. The van der Waals surface area contributed by atoms with Crippen LogP contribution in [-0.2, 0) is 6.42 Å². The molecule has 104 valence electrons. The maximum Gasteiger partial charge on any atom is 0.205 e. The maximum atomic E-state index is 12.6. The minimum atomic E-state index is 0.0416. The first-order valence-electron chi connectivity index (χ1n) is 6.81. The number of aromatic nitrogens is 1. The van der Waals surface area contributed by atoms with Crippen molar-refractivity contribution >= 4 is 34.4 Å². The van der Waals surface area contributed by atoms with Gasteiger partial charge in [0.1, 0.15) is 5.76 Å². The first-order valence-corrected chi connectivity index (χ1v) is 7.19. The smallest absolute Gasteiger partial charge is 0.205 e. The molecule has 1 aromatic carbocycles. The molecule has 2 aromatic heterocycles. The van der Waals surface area contributed by atoms with Crippen LogP contribution in [0.25, 0.3) is 17.0 Å². The Morgan fingerprint density at radius 3 is 2.95 bits per heavy atom. The van der Waals surface area contributed by atoms with Crippen LogP contribution >= 0.6 is 11.6 Å². The van der Waals surface area contributed by atoms with Crippen molar-refractivity contribution in [3.63, 3.8) is 0 Å². The van der Waals surface area contributed by atoms with Crippen LogP contribution in [0.2, 0.25) is 5.02 Å². The average Bonchev–Trinajstić information content (AvgIpc) is 3.09. The van der Waals surface area contributed by atoms with Gasteiger partial charge in [0.25, 0.3) is 0 Å². The molecule has 2 heterocycles. The standard InChI is InChI=1S/C17H12ClNO2/c18-11-4-6-15-14(9-11)13-5-3-10(17(20)16(13)19-15)8-12-2-1-7-21-12/h1-2,4,6-9,19H,3,5H2/b10-8+. The van der Waals surface area contributed by atoms with Crippen molar-refractivity contribution in [2.75, 3.05) is 0 Å². The lowest BCUT2D eigenvalue weighted by molar-refractivity contribution is 0.102. The Balaban J connectivity index is 1.83. The van der Waals surface area contributed by atoms with Gasteiger partial charge < -0.3 is 9.40 Å². The number of rotatable bonds is 1. The van der Waals surface area contributed by atoms with Gasteiger partial charge in [-0.1, -0.05) is 11.6 Å². The largest absolute Gasteiger partial charge is 0.465 e. The minimum Gasteiger partial charge on any atom is -0.465 e. The van der Waals surface area contributed by atoms with Gasteiger partial charge in [-0.3, -0.25) is 4.79 Å². The topological polar surface area (TPSA) is 46.0 Å². The maximum absolute atomic E-state index is 12.6. The zero-order chi connectivity index (χ0) is 14.4. The fraction of sp³-hybridized carbons (Fsp3) is 0.118. The summed E-state index contributed by atoms with van der Waals surface area (Å²) in [6.45, 7) is 0. The summed E-state index contributed by atoms with van der Waals surface area (Å²) < 4.78 is 5.29. The summed E-state index contributed by atoms with van der Waals surface area (Å²) in [5, 5.41) is 1.73. The molecule has 0 saturated carbocycles. The number of halogens is 1. The van der Waals surface area contributed by atoms with Gasteiger partial charge in [-0.05, 0) is 54.8 Å². The molecule has 21 heavy (non-hydrogen) atoms. The lowest BCUT2D eigenvalue weighted by Crippen LogP contribution is -2.13. The molecule has 4 rings (SSSR count). The van der Waals surface area contributed by atoms with Crippen molar-refractivity contribution in [1.82, 2.24) is 4.98 Å². The zero-order valence-electron chi connectivity index (χ0n) is 11.2. The third-order valence-corrected chi connectivity index (χ3v) is 4.13. The van der Waals surface area contributed by atoms with Crippen LogP contribution in [0.4, 0.5) is 0 Å². The molecule has 0 aliphatic heterocycles. The van der Waals surface area contributed by atoms with Gasteiger partial charge in [-0.25, -0.2) is 0 Å². The second-order valence-electron chi connectivity index (χ2n) is 5.18. The van der Waals surface area contributed by atoms with Gasteiger partial charge >= 0.3 is 0 Å². The number of benzene rings is 1. The number of Topliss-reactive ketones (excluding diaryl/α,β-unsaturated/α-hetero) is 1. The van der Waals surface area contributed by atoms with Crippen molar-refractivity contribution in [3.8, 4) is 0 Å². The van der Waals surface area contributed by atoms with Crippen molar-refractivity contribution < 1.29 is 9.21 Å². The third kappa shape index (κ3) is 2.01. The Labute approximate surface area is 126 Å². The number of allylic oxidation sites excluding steroid dienone is 1. The van der Waals surface area contributed by atoms with E-state index in [1.165, 1.54) is 0 Å². The quantitative estimate of drug-likeness (QED) is 0.666. The van der Waals surface area contributed by atoms with Crippen LogP contribution in [0.15, 0.2) is 46.6 Å². The van der Waals surface area contributed by atoms with Crippen molar-refractivity contribution in [1.29, 1.82) is 0 Å². The summed E-state index contributed by atoms with van der Waals surface area (Å²) in [7, 11) is 0. The number of hydrogen-bond donors (Lipinski definition) is 1. The fourth-order valence-corrected chi connectivity index (χ4v) is 3.06. The van der Waals surface area contributed by atoms with Crippen LogP contribution in [0.1, 0.15) is 28.2 Å². The van der Waals surface area contributed by atoms with Gasteiger partial charge in [0.05, 0.1) is 12.0 Å². The van der Waals surface area contributed by atoms with Gasteiger partial charge in [0.15, 0.2) is 0 Å². The van der Waals surface area contributed by atoms with E-state index in [0.29, 0.717) is 22.9 Å². The number of carbonyl (C=O) groups excluding carboxylic acids is 1. The molecule has 0 spiro atoms. The van der Waals surface area contributed by atoms with Gasteiger partial charge in [-0.2, -0.15) is 0 Å². The van der Waals surface area contributed by atoms with Crippen molar-refractivity contribution in [3.05, 3.63) is 64.2 Å². The molecular weight excluding hydrogens is 286 g/mol. The molecule has 0 radical (unpaired) electrons. The van der Waals surface area contributed by atoms with Crippen LogP contribution in [0.3, 0.4) is 0 Å². The number of aryl methyl sites for hydroxylation is 1. The lowest BCUT2D eigenvalue weighted by atomic mass is 9.90. The van der Waals surface area contributed by atoms with E-state index in [1.54, 1.807) is 6.26 Å². The van der Waals surface area contributed by atoms with Gasteiger partial charge in [0, 0.05) is 21.5 Å². The average molecular weight is 298 g/mol. The molecule has 0 fully saturated rings. The first kappa shape index (κ1) is 12.5. The second-order valence-corrected chi connectivity index (χ2v) is 5.62. The minimum absolute atomic E-state index is 0.0416. The highest BCUT2D eigenvalue weighted by Gasteiger charge is 2.26. The van der Waals surface area contributed by atoms with Crippen molar-refractivity contribution in [2.24, 2.45) is 0 Å². The Bertz CT molecular complexity index is 872. The number of hydrogen-bond acceptors (Lipinski definition) is 2. The Hall–Kier alpha value is -2.26. The highest BCUT2D eigenvalue weighted by molar-refractivity contribution is 6.31.